The molecule has 1 aliphatic rings. The first-order valence-corrected chi connectivity index (χ1v) is 9.74. The third kappa shape index (κ3) is 4.11. The van der Waals surface area contributed by atoms with Gasteiger partial charge < -0.3 is 20.3 Å². The van der Waals surface area contributed by atoms with Crippen LogP contribution in [-0.4, -0.2) is 57.5 Å². The average Bonchev–Trinajstić information content (AvgIpc) is 3.10. The Morgan fingerprint density at radius 3 is 2.34 bits per heavy atom. The summed E-state index contributed by atoms with van der Waals surface area (Å²) in [5.74, 6) is 1.55. The number of nitrogen functional groups attached to an aromatic ring is 1. The smallest absolute Gasteiger partial charge is 0.410 e. The molecule has 0 saturated carbocycles. The van der Waals surface area contributed by atoms with Crippen LogP contribution in [0.2, 0.25) is 0 Å². The lowest BCUT2D eigenvalue weighted by atomic mass is 10.2. The van der Waals surface area contributed by atoms with Crippen molar-refractivity contribution in [2.45, 2.75) is 26.4 Å². The van der Waals surface area contributed by atoms with E-state index in [2.05, 4.69) is 15.1 Å². The van der Waals surface area contributed by atoms with Crippen LogP contribution in [0.1, 0.15) is 20.8 Å². The normalized spacial score (nSPS) is 15.0. The molecule has 0 aliphatic carbocycles. The van der Waals surface area contributed by atoms with Gasteiger partial charge in [0.15, 0.2) is 11.6 Å². The van der Waals surface area contributed by atoms with E-state index in [-0.39, 0.29) is 6.09 Å². The second kappa shape index (κ2) is 7.27. The molecule has 0 atom stereocenters. The van der Waals surface area contributed by atoms with Gasteiger partial charge in [0.25, 0.3) is 0 Å². The molecule has 1 saturated heterocycles. The molecule has 0 radical (unpaired) electrons. The number of anilines is 2. The number of nitrogens with zero attached hydrogens (tertiary/aromatic N) is 5. The summed E-state index contributed by atoms with van der Waals surface area (Å²) in [7, 11) is 0. The molecule has 0 unspecified atom stereocenters. The number of benzene rings is 1. The molecule has 3 heterocycles. The highest BCUT2D eigenvalue weighted by atomic mass is 16.6. The summed E-state index contributed by atoms with van der Waals surface area (Å²) in [6.45, 7) is 8.21. The molecule has 2 aromatic heterocycles. The Morgan fingerprint density at radius 2 is 1.69 bits per heavy atom. The number of carbonyl (C=O) groups excluding carboxylic acids is 1. The Bertz CT molecular complexity index is 1010. The van der Waals surface area contributed by atoms with Gasteiger partial charge in [-0.2, -0.15) is 0 Å². The van der Waals surface area contributed by atoms with Crippen LogP contribution in [0.4, 0.5) is 16.3 Å². The van der Waals surface area contributed by atoms with Crippen molar-refractivity contribution in [3.63, 3.8) is 0 Å². The van der Waals surface area contributed by atoms with Gasteiger partial charge in [-0.3, -0.25) is 4.57 Å². The zero-order valence-corrected chi connectivity index (χ0v) is 17.0. The van der Waals surface area contributed by atoms with Crippen molar-refractivity contribution < 1.29 is 9.53 Å². The maximum atomic E-state index is 12.2. The fraction of sp³-hybridized carbons (Fsp3) is 0.381. The molecule has 0 bridgehead atoms. The van der Waals surface area contributed by atoms with E-state index in [1.807, 2.05) is 67.9 Å². The van der Waals surface area contributed by atoms with Crippen molar-refractivity contribution in [3.05, 3.63) is 42.6 Å². The molecule has 29 heavy (non-hydrogen) atoms. The number of nitrogens with two attached hydrogens (primary N) is 1. The Morgan fingerprint density at radius 1 is 1.00 bits per heavy atom. The van der Waals surface area contributed by atoms with Gasteiger partial charge in [-0.05, 0) is 57.2 Å². The summed E-state index contributed by atoms with van der Waals surface area (Å²) in [6.07, 6.45) is 1.70. The number of hydrogen-bond acceptors (Lipinski definition) is 6. The van der Waals surface area contributed by atoms with Gasteiger partial charge in [-0.1, -0.05) is 0 Å². The van der Waals surface area contributed by atoms with Gasteiger partial charge in [0.05, 0.1) is 5.52 Å². The lowest BCUT2D eigenvalue weighted by Gasteiger charge is -2.35. The van der Waals surface area contributed by atoms with E-state index in [1.54, 1.807) is 4.90 Å². The van der Waals surface area contributed by atoms with Crippen molar-refractivity contribution in [3.8, 4) is 5.82 Å². The maximum absolute atomic E-state index is 12.2. The highest BCUT2D eigenvalue weighted by Gasteiger charge is 2.26. The maximum Gasteiger partial charge on any atom is 0.410 e. The van der Waals surface area contributed by atoms with Crippen LogP contribution in [0.3, 0.4) is 0 Å². The largest absolute Gasteiger partial charge is 0.444 e. The van der Waals surface area contributed by atoms with Gasteiger partial charge >= 0.3 is 6.09 Å². The highest BCUT2D eigenvalue weighted by molar-refractivity contribution is 5.84. The SMILES string of the molecule is CC(C)(C)OC(=O)N1CCN(c2ccc(-n3ccc4cc(N)ccc43)nn2)CC1. The van der Waals surface area contributed by atoms with Crippen molar-refractivity contribution >= 4 is 28.5 Å². The number of carbonyl (C=O) groups is 1. The van der Waals surface area contributed by atoms with Crippen molar-refractivity contribution in [2.75, 3.05) is 36.8 Å². The fourth-order valence-corrected chi connectivity index (χ4v) is 3.42. The van der Waals surface area contributed by atoms with Gasteiger partial charge in [-0.25, -0.2) is 4.79 Å². The van der Waals surface area contributed by atoms with Crippen LogP contribution in [-0.2, 0) is 4.74 Å². The molecule has 1 fully saturated rings. The van der Waals surface area contributed by atoms with E-state index in [9.17, 15) is 4.79 Å². The van der Waals surface area contributed by atoms with Gasteiger partial charge in [-0.15, -0.1) is 10.2 Å². The number of fused-ring (bicyclic) bond motifs is 1. The fourth-order valence-electron chi connectivity index (χ4n) is 3.42. The number of aromatic nitrogens is 3. The van der Waals surface area contributed by atoms with Gasteiger partial charge in [0.2, 0.25) is 0 Å². The van der Waals surface area contributed by atoms with Crippen LogP contribution < -0.4 is 10.6 Å². The van der Waals surface area contributed by atoms with Crippen molar-refractivity contribution in [1.29, 1.82) is 0 Å². The second-order valence-corrected chi connectivity index (χ2v) is 8.21. The van der Waals surface area contributed by atoms with E-state index < -0.39 is 5.60 Å². The third-order valence-corrected chi connectivity index (χ3v) is 4.85. The molecule has 1 aromatic carbocycles. The predicted octanol–water partition coefficient (Wildman–Crippen LogP) is 3.06. The monoisotopic (exact) mass is 394 g/mol. The van der Waals surface area contributed by atoms with E-state index >= 15 is 0 Å². The zero-order chi connectivity index (χ0) is 20.6. The minimum atomic E-state index is -0.482. The summed E-state index contributed by atoms with van der Waals surface area (Å²) in [6, 6.07) is 11.7. The van der Waals surface area contributed by atoms with Crippen LogP contribution >= 0.6 is 0 Å². The minimum Gasteiger partial charge on any atom is -0.444 e. The molecule has 8 nitrogen and oxygen atoms in total. The third-order valence-electron chi connectivity index (χ3n) is 4.85. The van der Waals surface area contributed by atoms with Gasteiger partial charge in [0.1, 0.15) is 5.60 Å². The highest BCUT2D eigenvalue weighted by Crippen LogP contribution is 2.22. The van der Waals surface area contributed by atoms with E-state index in [0.717, 1.165) is 28.2 Å². The number of hydrogen-bond donors (Lipinski definition) is 1. The summed E-state index contributed by atoms with van der Waals surface area (Å²) >= 11 is 0. The van der Waals surface area contributed by atoms with E-state index in [4.69, 9.17) is 10.5 Å². The van der Waals surface area contributed by atoms with Crippen LogP contribution in [0.25, 0.3) is 16.7 Å². The number of ether oxygens (including phenoxy) is 1. The predicted molar refractivity (Wildman–Crippen MR) is 113 cm³/mol. The quantitative estimate of drug-likeness (QED) is 0.672. The van der Waals surface area contributed by atoms with Crippen LogP contribution in [0.15, 0.2) is 42.6 Å². The molecule has 1 aliphatic heterocycles. The molecule has 1 amide bonds. The molecular formula is C21H26N6O2. The number of amides is 1. The molecular weight excluding hydrogens is 368 g/mol. The van der Waals surface area contributed by atoms with Crippen LogP contribution in [0.5, 0.6) is 0 Å². The van der Waals surface area contributed by atoms with Crippen molar-refractivity contribution in [1.82, 2.24) is 19.7 Å². The summed E-state index contributed by atoms with van der Waals surface area (Å²) < 4.78 is 7.44. The second-order valence-electron chi connectivity index (χ2n) is 8.21. The lowest BCUT2D eigenvalue weighted by Crippen LogP contribution is -2.50. The minimum absolute atomic E-state index is 0.265. The summed E-state index contributed by atoms with van der Waals surface area (Å²) in [5, 5.41) is 9.88. The Balaban J connectivity index is 1.43. The van der Waals surface area contributed by atoms with Crippen molar-refractivity contribution in [2.24, 2.45) is 0 Å². The first-order valence-electron chi connectivity index (χ1n) is 9.74. The standard InChI is InChI=1S/C21H26N6O2/c1-21(2,3)29-20(28)26-12-10-25(11-13-26)18-6-7-19(24-23-18)27-9-8-15-14-16(22)4-5-17(15)27/h4-9,14H,10-13,22H2,1-3H3. The average molecular weight is 394 g/mol. The Labute approximate surface area is 169 Å². The molecule has 0 spiro atoms. The Kier molecular flexibility index (Phi) is 4.77. The molecule has 2 N–H and O–H groups in total. The first-order chi connectivity index (χ1) is 13.8. The Hall–Kier alpha value is -3.29. The molecule has 8 heteroatoms. The van der Waals surface area contributed by atoms with E-state index in [1.165, 1.54) is 0 Å². The van der Waals surface area contributed by atoms with E-state index in [0.29, 0.717) is 26.2 Å². The van der Waals surface area contributed by atoms with Crippen LogP contribution in [0, 0.1) is 0 Å². The lowest BCUT2D eigenvalue weighted by molar-refractivity contribution is 0.0240. The number of rotatable bonds is 2. The zero-order valence-electron chi connectivity index (χ0n) is 17.0. The topological polar surface area (TPSA) is 89.5 Å². The number of piperazine rings is 1. The molecule has 4 rings (SSSR count). The molecule has 3 aromatic rings. The summed E-state index contributed by atoms with van der Waals surface area (Å²) in [5.41, 5.74) is 7.15. The van der Waals surface area contributed by atoms with Gasteiger partial charge in [0, 0.05) is 43.4 Å². The molecule has 152 valence electrons. The first kappa shape index (κ1) is 19.0. The summed E-state index contributed by atoms with van der Waals surface area (Å²) in [4.78, 5) is 16.1.